The molecule has 0 saturated carbocycles. The molecule has 2 atom stereocenters. The molecular formula is C16H15NO8S. The van der Waals surface area contributed by atoms with Crippen LogP contribution in [0.3, 0.4) is 0 Å². The molecule has 0 radical (unpaired) electrons. The molecule has 0 bridgehead atoms. The van der Waals surface area contributed by atoms with Gasteiger partial charge in [-0.15, -0.1) is 0 Å². The van der Waals surface area contributed by atoms with Gasteiger partial charge in [-0.05, 0) is 37.7 Å². The number of aromatic nitrogens is 1. The summed E-state index contributed by atoms with van der Waals surface area (Å²) >= 11 is 0.907. The number of carbonyl (C=O) groups excluding carboxylic acids is 3. The minimum atomic E-state index is -1.49. The Morgan fingerprint density at radius 2 is 2.12 bits per heavy atom. The highest BCUT2D eigenvalue weighted by Crippen LogP contribution is 2.39. The van der Waals surface area contributed by atoms with Crippen molar-refractivity contribution in [1.29, 1.82) is 0 Å². The standard InChI is InChI=1S/C16H15NO8S/c1-3-21-12(18)16(2,11-8-22-14(19)25-15(20)24-11)26-13-17-9-6-4-5-7-10(9)23-13/h4-7,11H,3,8H2,1-2H3. The zero-order chi connectivity index (χ0) is 18.7. The van der Waals surface area contributed by atoms with Crippen LogP contribution in [0.5, 0.6) is 0 Å². The van der Waals surface area contributed by atoms with Crippen LogP contribution >= 0.6 is 11.8 Å². The lowest BCUT2D eigenvalue weighted by atomic mass is 10.0. The summed E-state index contributed by atoms with van der Waals surface area (Å²) in [7, 11) is 0. The summed E-state index contributed by atoms with van der Waals surface area (Å²) in [4.78, 5) is 39.7. The highest BCUT2D eigenvalue weighted by Gasteiger charge is 2.50. The summed E-state index contributed by atoms with van der Waals surface area (Å²) in [5, 5.41) is 0.175. The van der Waals surface area contributed by atoms with E-state index in [0.717, 1.165) is 11.8 Å². The number of para-hydroxylation sites is 2. The highest BCUT2D eigenvalue weighted by molar-refractivity contribution is 8.01. The predicted octanol–water partition coefficient (Wildman–Crippen LogP) is 2.91. The smallest absolute Gasteiger partial charge is 0.465 e. The first kappa shape index (κ1) is 18.1. The molecule has 1 aromatic carbocycles. The monoisotopic (exact) mass is 381 g/mol. The summed E-state index contributed by atoms with van der Waals surface area (Å²) in [6.45, 7) is 2.86. The van der Waals surface area contributed by atoms with Crippen molar-refractivity contribution in [2.75, 3.05) is 13.2 Å². The molecular weight excluding hydrogens is 366 g/mol. The Hall–Kier alpha value is -2.75. The number of nitrogens with zero attached hydrogens (tertiary/aromatic N) is 1. The molecule has 1 aliphatic heterocycles. The normalized spacial score (nSPS) is 19.7. The number of hydrogen-bond donors (Lipinski definition) is 0. The van der Waals surface area contributed by atoms with Crippen molar-refractivity contribution in [3.63, 3.8) is 0 Å². The van der Waals surface area contributed by atoms with Gasteiger partial charge in [-0.1, -0.05) is 12.1 Å². The van der Waals surface area contributed by atoms with E-state index in [9.17, 15) is 14.4 Å². The van der Waals surface area contributed by atoms with Crippen molar-refractivity contribution in [2.24, 2.45) is 0 Å². The van der Waals surface area contributed by atoms with Crippen molar-refractivity contribution in [1.82, 2.24) is 4.98 Å². The van der Waals surface area contributed by atoms with Crippen molar-refractivity contribution < 1.29 is 37.7 Å². The maximum absolute atomic E-state index is 12.6. The number of carbonyl (C=O) groups is 3. The lowest BCUT2D eigenvalue weighted by molar-refractivity contribution is -0.149. The molecule has 9 nitrogen and oxygen atoms in total. The summed E-state index contributed by atoms with van der Waals surface area (Å²) in [6, 6.07) is 7.07. The van der Waals surface area contributed by atoms with Gasteiger partial charge in [0, 0.05) is 0 Å². The zero-order valence-corrected chi connectivity index (χ0v) is 14.7. The van der Waals surface area contributed by atoms with E-state index in [0.29, 0.717) is 11.1 Å². The molecule has 1 fully saturated rings. The second-order valence-corrected chi connectivity index (χ2v) is 6.80. The number of hydrogen-bond acceptors (Lipinski definition) is 10. The van der Waals surface area contributed by atoms with Crippen molar-refractivity contribution in [2.45, 2.75) is 29.9 Å². The molecule has 138 valence electrons. The van der Waals surface area contributed by atoms with Gasteiger partial charge < -0.3 is 23.4 Å². The van der Waals surface area contributed by atoms with Crippen LogP contribution in [-0.2, 0) is 23.7 Å². The maximum Gasteiger partial charge on any atom is 0.519 e. The Morgan fingerprint density at radius 3 is 2.85 bits per heavy atom. The lowest BCUT2D eigenvalue weighted by Crippen LogP contribution is -2.49. The molecule has 3 rings (SSSR count). The third kappa shape index (κ3) is 3.59. The molecule has 0 amide bonds. The van der Waals surface area contributed by atoms with E-state index >= 15 is 0 Å². The van der Waals surface area contributed by atoms with Crippen LogP contribution in [0.15, 0.2) is 33.9 Å². The van der Waals surface area contributed by atoms with E-state index in [1.54, 1.807) is 31.2 Å². The first-order valence-electron chi connectivity index (χ1n) is 7.69. The van der Waals surface area contributed by atoms with Crippen LogP contribution in [0.1, 0.15) is 13.8 Å². The number of esters is 1. The van der Waals surface area contributed by atoms with Crippen LogP contribution in [0.25, 0.3) is 11.1 Å². The first-order chi connectivity index (χ1) is 12.4. The molecule has 0 aliphatic carbocycles. The van der Waals surface area contributed by atoms with Crippen LogP contribution in [0.2, 0.25) is 0 Å². The van der Waals surface area contributed by atoms with E-state index in [-0.39, 0.29) is 18.4 Å². The van der Waals surface area contributed by atoms with Gasteiger partial charge in [-0.3, -0.25) is 4.79 Å². The van der Waals surface area contributed by atoms with Gasteiger partial charge in [-0.2, -0.15) is 0 Å². The fourth-order valence-electron chi connectivity index (χ4n) is 2.28. The quantitative estimate of drug-likeness (QED) is 0.331. The van der Waals surface area contributed by atoms with E-state index < -0.39 is 29.1 Å². The van der Waals surface area contributed by atoms with Crippen molar-refractivity contribution in [3.05, 3.63) is 24.3 Å². The van der Waals surface area contributed by atoms with Gasteiger partial charge in [0.1, 0.15) is 12.1 Å². The van der Waals surface area contributed by atoms with Crippen LogP contribution in [-0.4, -0.2) is 47.3 Å². The van der Waals surface area contributed by atoms with E-state index in [1.165, 1.54) is 6.92 Å². The van der Waals surface area contributed by atoms with Gasteiger partial charge in [0.2, 0.25) is 0 Å². The van der Waals surface area contributed by atoms with Crippen LogP contribution in [0, 0.1) is 0 Å². The maximum atomic E-state index is 12.6. The number of rotatable bonds is 5. The van der Waals surface area contributed by atoms with E-state index in [2.05, 4.69) is 9.72 Å². The Kier molecular flexibility index (Phi) is 5.03. The number of ether oxygens (including phenoxy) is 4. The van der Waals surface area contributed by atoms with Crippen molar-refractivity contribution in [3.8, 4) is 0 Å². The van der Waals surface area contributed by atoms with Gasteiger partial charge in [-0.25, -0.2) is 14.6 Å². The first-order valence-corrected chi connectivity index (χ1v) is 8.51. The Bertz CT molecular complexity index is 817. The zero-order valence-electron chi connectivity index (χ0n) is 13.9. The Morgan fingerprint density at radius 1 is 1.35 bits per heavy atom. The molecule has 2 aromatic rings. The summed E-state index contributed by atoms with van der Waals surface area (Å²) in [5.74, 6) is -0.678. The van der Waals surface area contributed by atoms with E-state index in [4.69, 9.17) is 18.6 Å². The van der Waals surface area contributed by atoms with Gasteiger partial charge in [0.25, 0.3) is 5.22 Å². The van der Waals surface area contributed by atoms with E-state index in [1.807, 2.05) is 0 Å². The molecule has 0 spiro atoms. The molecule has 10 heteroatoms. The highest BCUT2D eigenvalue weighted by atomic mass is 32.2. The SMILES string of the molecule is CCOC(=O)C(C)(Sc1nc2ccccc2o1)C1COC(=O)OC(=O)O1. The van der Waals surface area contributed by atoms with Crippen LogP contribution in [0.4, 0.5) is 9.59 Å². The minimum absolute atomic E-state index is 0.111. The van der Waals surface area contributed by atoms with Crippen molar-refractivity contribution >= 4 is 41.1 Å². The molecule has 2 unspecified atom stereocenters. The molecule has 26 heavy (non-hydrogen) atoms. The number of cyclic esters (lactones) is 4. The topological polar surface area (TPSA) is 114 Å². The average molecular weight is 381 g/mol. The fraction of sp³-hybridized carbons (Fsp3) is 0.375. The molecule has 1 aliphatic rings. The van der Waals surface area contributed by atoms with Crippen LogP contribution < -0.4 is 0 Å². The number of oxazole rings is 1. The molecule has 0 N–H and O–H groups in total. The van der Waals surface area contributed by atoms with Gasteiger partial charge in [0.15, 0.2) is 16.4 Å². The fourth-order valence-corrected chi connectivity index (χ4v) is 3.30. The Labute approximate surface area is 151 Å². The third-order valence-electron chi connectivity index (χ3n) is 3.63. The minimum Gasteiger partial charge on any atom is -0.465 e. The predicted molar refractivity (Wildman–Crippen MR) is 87.6 cm³/mol. The second kappa shape index (κ2) is 7.24. The summed E-state index contributed by atoms with van der Waals surface area (Å²) < 4.78 is 23.3. The average Bonchev–Trinajstić information content (AvgIpc) is 2.91. The van der Waals surface area contributed by atoms with Gasteiger partial charge in [0.05, 0.1) is 6.61 Å². The summed E-state index contributed by atoms with van der Waals surface area (Å²) in [5.41, 5.74) is 1.14. The molecule has 2 heterocycles. The molecule has 1 saturated heterocycles. The second-order valence-electron chi connectivity index (χ2n) is 5.40. The summed E-state index contributed by atoms with van der Waals surface area (Å²) in [6.07, 6.45) is -3.62. The third-order valence-corrected chi connectivity index (χ3v) is 4.83. The molecule has 1 aromatic heterocycles. The number of fused-ring (bicyclic) bond motifs is 1. The largest absolute Gasteiger partial charge is 0.519 e. The Balaban J connectivity index is 1.93. The van der Waals surface area contributed by atoms with Gasteiger partial charge >= 0.3 is 18.3 Å². The lowest BCUT2D eigenvalue weighted by Gasteiger charge is -2.30. The number of thioether (sulfide) groups is 1. The number of benzene rings is 1.